The minimum Gasteiger partial charge on any atom is -0.446 e. The van der Waals surface area contributed by atoms with Gasteiger partial charge in [0, 0.05) is 19.6 Å². The summed E-state index contributed by atoms with van der Waals surface area (Å²) in [5.41, 5.74) is 0.852. The monoisotopic (exact) mass is 343 g/mol. The molecule has 1 amide bonds. The van der Waals surface area contributed by atoms with E-state index in [0.717, 1.165) is 12.0 Å². The number of carbonyl (C=O) groups is 1. The Hall–Kier alpha value is -1.89. The Morgan fingerprint density at radius 3 is 2.62 bits per heavy atom. The van der Waals surface area contributed by atoms with Crippen molar-refractivity contribution in [1.29, 1.82) is 0 Å². The number of carbonyl (C=O) groups excluding carboxylic acids is 1. The molecule has 1 aromatic carbocycles. The second-order valence-electron chi connectivity index (χ2n) is 5.73. The first-order valence-electron chi connectivity index (χ1n) is 8.18. The van der Waals surface area contributed by atoms with Crippen molar-refractivity contribution in [2.24, 2.45) is 0 Å². The Kier molecular flexibility index (Phi) is 6.78. The summed E-state index contributed by atoms with van der Waals surface area (Å²) in [6.45, 7) is -0.240. The van der Waals surface area contributed by atoms with E-state index < -0.39 is 6.61 Å². The fraction of sp³-hybridized carbons (Fsp3) is 0.588. The van der Waals surface area contributed by atoms with E-state index in [1.54, 1.807) is 17.0 Å². The van der Waals surface area contributed by atoms with Gasteiger partial charge in [-0.15, -0.1) is 0 Å². The quantitative estimate of drug-likeness (QED) is 0.781. The van der Waals surface area contributed by atoms with Gasteiger partial charge in [0.1, 0.15) is 11.9 Å². The van der Waals surface area contributed by atoms with E-state index in [9.17, 15) is 13.6 Å². The highest BCUT2D eigenvalue weighted by atomic mass is 19.3. The molecule has 2 rings (SSSR count). The molecule has 1 saturated heterocycles. The van der Waals surface area contributed by atoms with Crippen LogP contribution in [0.3, 0.4) is 0 Å². The van der Waals surface area contributed by atoms with Crippen LogP contribution in [0.15, 0.2) is 24.3 Å². The predicted octanol–water partition coefficient (Wildman–Crippen LogP) is 3.72. The Bertz CT molecular complexity index is 524. The zero-order chi connectivity index (χ0) is 17.5. The van der Waals surface area contributed by atoms with Gasteiger partial charge in [-0.05, 0) is 37.0 Å². The molecule has 0 aliphatic carbocycles. The Morgan fingerprint density at radius 2 is 2.08 bits per heavy atom. The lowest BCUT2D eigenvalue weighted by Crippen LogP contribution is -2.43. The number of halogens is 2. The highest BCUT2D eigenvalue weighted by Crippen LogP contribution is 2.30. The first kappa shape index (κ1) is 18.4. The topological polar surface area (TPSA) is 59.0 Å². The summed E-state index contributed by atoms with van der Waals surface area (Å²) in [7, 11) is 0. The second kappa shape index (κ2) is 8.82. The van der Waals surface area contributed by atoms with Crippen LogP contribution in [0.25, 0.3) is 0 Å². The molecule has 2 atom stereocenters. The number of amides is 1. The molecule has 5 nitrogen and oxygen atoms in total. The Labute approximate surface area is 140 Å². The van der Waals surface area contributed by atoms with Gasteiger partial charge in [-0.25, -0.2) is 4.79 Å². The molecule has 1 N–H and O–H groups in total. The maximum Gasteiger partial charge on any atom is 0.410 e. The van der Waals surface area contributed by atoms with E-state index in [1.807, 2.05) is 6.92 Å². The van der Waals surface area contributed by atoms with Crippen LogP contribution in [0.1, 0.15) is 44.2 Å². The van der Waals surface area contributed by atoms with Crippen LogP contribution < -0.4 is 4.74 Å². The lowest BCUT2D eigenvalue weighted by molar-refractivity contribution is -0.0498. The number of nitrogens with zero attached hydrogens (tertiary/aromatic N) is 1. The summed E-state index contributed by atoms with van der Waals surface area (Å²) >= 11 is 0. The highest BCUT2D eigenvalue weighted by molar-refractivity contribution is 5.69. The first-order valence-corrected chi connectivity index (χ1v) is 8.18. The van der Waals surface area contributed by atoms with Crippen LogP contribution in [-0.2, 0) is 4.74 Å². The largest absolute Gasteiger partial charge is 0.446 e. The summed E-state index contributed by atoms with van der Waals surface area (Å²) in [5.74, 6) is 0.0916. The van der Waals surface area contributed by atoms with Gasteiger partial charge in [0.25, 0.3) is 0 Å². The molecule has 0 radical (unpaired) electrons. The standard InChI is InChI=1S/C17H23F2NO4/c1-2-15(12-5-7-14(8-6-12)23-16(18)19)20-10-9-13(4-3-11-21)24-17(20)22/h5-8,13,15-16,21H,2-4,9-11H2,1H3. The number of hydrogen-bond donors (Lipinski definition) is 1. The average molecular weight is 343 g/mol. The van der Waals surface area contributed by atoms with Gasteiger partial charge in [-0.1, -0.05) is 19.1 Å². The number of cyclic esters (lactones) is 1. The summed E-state index contributed by atoms with van der Waals surface area (Å²) in [6, 6.07) is 6.16. The number of aliphatic hydroxyl groups is 1. The number of ether oxygens (including phenoxy) is 2. The lowest BCUT2D eigenvalue weighted by Gasteiger charge is -2.37. The van der Waals surface area contributed by atoms with Crippen molar-refractivity contribution in [2.45, 2.75) is 51.4 Å². The smallest absolute Gasteiger partial charge is 0.410 e. The number of alkyl halides is 2. The normalized spacial score (nSPS) is 19.3. The Morgan fingerprint density at radius 1 is 1.38 bits per heavy atom. The van der Waals surface area contributed by atoms with E-state index >= 15 is 0 Å². The number of hydrogen-bond acceptors (Lipinski definition) is 4. The van der Waals surface area contributed by atoms with Crippen molar-refractivity contribution < 1.29 is 28.2 Å². The fourth-order valence-corrected chi connectivity index (χ4v) is 2.96. The summed E-state index contributed by atoms with van der Waals surface area (Å²) in [4.78, 5) is 13.9. The molecule has 1 aliphatic heterocycles. The Balaban J connectivity index is 2.02. The summed E-state index contributed by atoms with van der Waals surface area (Å²) < 4.78 is 34.2. The zero-order valence-corrected chi connectivity index (χ0v) is 13.7. The fourth-order valence-electron chi connectivity index (χ4n) is 2.96. The lowest BCUT2D eigenvalue weighted by atomic mass is 10.0. The number of aliphatic hydroxyl groups excluding tert-OH is 1. The van der Waals surface area contributed by atoms with E-state index in [-0.39, 0.29) is 30.6 Å². The number of benzene rings is 1. The molecule has 24 heavy (non-hydrogen) atoms. The first-order chi connectivity index (χ1) is 11.5. The maximum absolute atomic E-state index is 12.3. The molecule has 1 aromatic rings. The van der Waals surface area contributed by atoms with Crippen molar-refractivity contribution in [2.75, 3.05) is 13.2 Å². The molecule has 134 valence electrons. The van der Waals surface area contributed by atoms with Gasteiger partial charge in [-0.3, -0.25) is 0 Å². The van der Waals surface area contributed by atoms with E-state index in [4.69, 9.17) is 9.84 Å². The van der Waals surface area contributed by atoms with Crippen LogP contribution in [-0.4, -0.2) is 42.0 Å². The molecular weight excluding hydrogens is 320 g/mol. The van der Waals surface area contributed by atoms with Crippen LogP contribution >= 0.6 is 0 Å². The van der Waals surface area contributed by atoms with Crippen molar-refractivity contribution in [3.63, 3.8) is 0 Å². The molecule has 7 heteroatoms. The number of rotatable bonds is 8. The predicted molar refractivity (Wildman–Crippen MR) is 84.0 cm³/mol. The van der Waals surface area contributed by atoms with Crippen molar-refractivity contribution in [3.8, 4) is 5.75 Å². The molecular formula is C17H23F2NO4. The molecule has 2 unspecified atom stereocenters. The van der Waals surface area contributed by atoms with E-state index in [1.165, 1.54) is 12.1 Å². The van der Waals surface area contributed by atoms with Gasteiger partial charge in [0.2, 0.25) is 0 Å². The van der Waals surface area contributed by atoms with Crippen molar-refractivity contribution in [3.05, 3.63) is 29.8 Å². The molecule has 1 fully saturated rings. The SMILES string of the molecule is CCC(c1ccc(OC(F)F)cc1)N1CCC(CCCO)OC1=O. The molecule has 0 saturated carbocycles. The molecule has 0 spiro atoms. The highest BCUT2D eigenvalue weighted by Gasteiger charge is 2.32. The summed E-state index contributed by atoms with van der Waals surface area (Å²) in [6.07, 6.45) is 2.15. The van der Waals surface area contributed by atoms with Gasteiger partial charge in [-0.2, -0.15) is 8.78 Å². The third kappa shape index (κ3) is 4.80. The van der Waals surface area contributed by atoms with Crippen LogP contribution in [0.5, 0.6) is 5.75 Å². The van der Waals surface area contributed by atoms with Crippen LogP contribution in [0.2, 0.25) is 0 Å². The van der Waals surface area contributed by atoms with Crippen molar-refractivity contribution >= 4 is 6.09 Å². The molecule has 1 heterocycles. The van der Waals surface area contributed by atoms with Gasteiger partial charge >= 0.3 is 12.7 Å². The zero-order valence-electron chi connectivity index (χ0n) is 13.7. The average Bonchev–Trinajstić information content (AvgIpc) is 2.56. The van der Waals surface area contributed by atoms with Gasteiger partial charge in [0.15, 0.2) is 0 Å². The van der Waals surface area contributed by atoms with Crippen LogP contribution in [0.4, 0.5) is 13.6 Å². The van der Waals surface area contributed by atoms with E-state index in [2.05, 4.69) is 4.74 Å². The third-order valence-electron chi connectivity index (χ3n) is 4.13. The summed E-state index contributed by atoms with van der Waals surface area (Å²) in [5, 5.41) is 8.86. The molecule has 1 aliphatic rings. The van der Waals surface area contributed by atoms with Crippen LogP contribution in [0, 0.1) is 0 Å². The van der Waals surface area contributed by atoms with E-state index in [0.29, 0.717) is 25.8 Å². The minimum atomic E-state index is -2.86. The molecule has 0 aromatic heterocycles. The van der Waals surface area contributed by atoms with Gasteiger partial charge < -0.3 is 19.5 Å². The van der Waals surface area contributed by atoms with Crippen molar-refractivity contribution in [1.82, 2.24) is 4.90 Å². The molecule has 0 bridgehead atoms. The van der Waals surface area contributed by atoms with Gasteiger partial charge in [0.05, 0.1) is 6.04 Å². The maximum atomic E-state index is 12.3. The third-order valence-corrected chi connectivity index (χ3v) is 4.13. The second-order valence-corrected chi connectivity index (χ2v) is 5.73. The minimum absolute atomic E-state index is 0.0857.